The largest absolute Gasteiger partial charge is 1.00 e. The minimum atomic E-state index is -1.15. The molecule has 0 aromatic heterocycles. The number of hydrogen-bond acceptors (Lipinski definition) is 4. The first-order valence-corrected chi connectivity index (χ1v) is 5.92. The molecule has 86 valence electrons. The van der Waals surface area contributed by atoms with Gasteiger partial charge in [0.2, 0.25) is 5.91 Å². The number of carbonyl (C=O) groups excluding carboxylic acids is 2. The summed E-state index contributed by atoms with van der Waals surface area (Å²) in [5.74, 6) is -1.34. The Balaban J connectivity index is 0.00000256. The van der Waals surface area contributed by atoms with Gasteiger partial charge in [0, 0.05) is 12.3 Å². The summed E-state index contributed by atoms with van der Waals surface area (Å²) in [5, 5.41) is 12.8. The smallest absolute Gasteiger partial charge is 0.549 e. The molecule has 0 heterocycles. The van der Waals surface area contributed by atoms with E-state index in [9.17, 15) is 14.7 Å². The van der Waals surface area contributed by atoms with Crippen LogP contribution >= 0.6 is 11.8 Å². The van der Waals surface area contributed by atoms with Gasteiger partial charge in [0.05, 0.1) is 11.7 Å². The Hall–Kier alpha value is 0.146. The molecule has 0 fully saturated rings. The molecule has 1 N–H and O–H groups in total. The second-order valence-corrected chi connectivity index (χ2v) is 4.11. The van der Waals surface area contributed by atoms with Crippen LogP contribution in [0.3, 0.4) is 0 Å². The summed E-state index contributed by atoms with van der Waals surface area (Å²) < 4.78 is 0. The normalized spacial score (nSPS) is 9.18. The summed E-state index contributed by atoms with van der Waals surface area (Å²) in [6.07, 6.45) is 0. The topological polar surface area (TPSA) is 69.2 Å². The van der Waals surface area contributed by atoms with Gasteiger partial charge in [-0.3, -0.25) is 4.79 Å². The van der Waals surface area contributed by atoms with Crippen molar-refractivity contribution in [2.75, 3.05) is 11.5 Å². The van der Waals surface area contributed by atoms with Gasteiger partial charge in [0.1, 0.15) is 0 Å². The van der Waals surface area contributed by atoms with Crippen molar-refractivity contribution < 1.29 is 66.1 Å². The molecule has 1 amide bonds. The van der Waals surface area contributed by atoms with Crippen molar-refractivity contribution in [3.05, 3.63) is 35.9 Å². The fourth-order valence-corrected chi connectivity index (χ4v) is 1.63. The molecule has 0 aliphatic carbocycles. The Bertz CT molecular complexity index is 359. The fraction of sp³-hybridized carbons (Fsp3) is 0.273. The molecule has 0 saturated carbocycles. The van der Waals surface area contributed by atoms with Crippen LogP contribution in [0.1, 0.15) is 5.56 Å². The van der Waals surface area contributed by atoms with E-state index in [0.717, 1.165) is 17.3 Å². The Kier molecular flexibility index (Phi) is 10.2. The summed E-state index contributed by atoms with van der Waals surface area (Å²) in [6, 6.07) is 9.52. The maximum Gasteiger partial charge on any atom is 1.00 e. The third kappa shape index (κ3) is 8.81. The first kappa shape index (κ1) is 17.1. The molecule has 0 aliphatic rings. The fourth-order valence-electron chi connectivity index (χ4n) is 1.07. The zero-order valence-corrected chi connectivity index (χ0v) is 13.6. The van der Waals surface area contributed by atoms with Gasteiger partial charge in [-0.05, 0) is 5.56 Å². The molecule has 0 aliphatic heterocycles. The third-order valence-electron chi connectivity index (χ3n) is 1.79. The number of carbonyl (C=O) groups is 2. The SMILES string of the molecule is O=C([O-])CSCC(=O)NCc1ccccc1.[K+]. The minimum absolute atomic E-state index is 0. The molecule has 1 rings (SSSR count). The number of amides is 1. The number of thioether (sulfide) groups is 1. The van der Waals surface area contributed by atoms with E-state index in [2.05, 4.69) is 5.32 Å². The average Bonchev–Trinajstić information content (AvgIpc) is 2.27. The molecule has 6 heteroatoms. The van der Waals surface area contributed by atoms with Gasteiger partial charge in [0.15, 0.2) is 0 Å². The maximum absolute atomic E-state index is 11.3. The van der Waals surface area contributed by atoms with Gasteiger partial charge in [-0.1, -0.05) is 30.3 Å². The standard InChI is InChI=1S/C11H13NO3S.K/c13-10(7-16-8-11(14)15)12-6-9-4-2-1-3-5-9;/h1-5H,6-8H2,(H,12,13)(H,14,15);/q;+1/p-1. The maximum atomic E-state index is 11.3. The van der Waals surface area contributed by atoms with Crippen molar-refractivity contribution in [2.45, 2.75) is 6.54 Å². The minimum Gasteiger partial charge on any atom is -0.549 e. The summed E-state index contributed by atoms with van der Waals surface area (Å²) in [4.78, 5) is 21.3. The van der Waals surface area contributed by atoms with E-state index in [0.29, 0.717) is 6.54 Å². The van der Waals surface area contributed by atoms with Gasteiger partial charge in [0.25, 0.3) is 0 Å². The molecule has 1 aromatic rings. The number of benzene rings is 1. The third-order valence-corrected chi connectivity index (χ3v) is 2.69. The number of carboxylic acids is 1. The second kappa shape index (κ2) is 10.1. The zero-order valence-electron chi connectivity index (χ0n) is 9.64. The predicted molar refractivity (Wildman–Crippen MR) is 60.6 cm³/mol. The number of carboxylic acid groups (broad SMARTS) is 1. The average molecular weight is 277 g/mol. The Morgan fingerprint density at radius 1 is 1.18 bits per heavy atom. The van der Waals surface area contributed by atoms with Crippen LogP contribution in [0, 0.1) is 0 Å². The van der Waals surface area contributed by atoms with Crippen LogP contribution in [0.4, 0.5) is 0 Å². The summed E-state index contributed by atoms with van der Waals surface area (Å²) in [5.41, 5.74) is 1.01. The van der Waals surface area contributed by atoms with E-state index in [4.69, 9.17) is 0 Å². The Labute approximate surface area is 147 Å². The van der Waals surface area contributed by atoms with Crippen molar-refractivity contribution in [2.24, 2.45) is 0 Å². The van der Waals surface area contributed by atoms with Crippen LogP contribution in [0.25, 0.3) is 0 Å². The van der Waals surface area contributed by atoms with Gasteiger partial charge in [-0.15, -0.1) is 11.8 Å². The quantitative estimate of drug-likeness (QED) is 0.556. The zero-order chi connectivity index (χ0) is 11.8. The monoisotopic (exact) mass is 277 g/mol. The second-order valence-electron chi connectivity index (χ2n) is 3.13. The molecule has 0 bridgehead atoms. The van der Waals surface area contributed by atoms with Gasteiger partial charge in [-0.2, -0.15) is 0 Å². The molecule has 4 nitrogen and oxygen atoms in total. The molecule has 17 heavy (non-hydrogen) atoms. The van der Waals surface area contributed by atoms with Crippen LogP contribution in [-0.2, 0) is 16.1 Å². The van der Waals surface area contributed by atoms with Crippen molar-refractivity contribution in [1.29, 1.82) is 0 Å². The number of aliphatic carboxylic acids is 1. The van der Waals surface area contributed by atoms with E-state index >= 15 is 0 Å². The van der Waals surface area contributed by atoms with Crippen LogP contribution in [-0.4, -0.2) is 23.4 Å². The van der Waals surface area contributed by atoms with E-state index in [1.807, 2.05) is 30.3 Å². The van der Waals surface area contributed by atoms with Crippen LogP contribution < -0.4 is 61.8 Å². The summed E-state index contributed by atoms with van der Waals surface area (Å²) in [6.45, 7) is 0.464. The van der Waals surface area contributed by atoms with E-state index in [1.54, 1.807) is 0 Å². The number of nitrogens with one attached hydrogen (secondary N) is 1. The first-order valence-electron chi connectivity index (χ1n) is 4.76. The van der Waals surface area contributed by atoms with E-state index in [-0.39, 0.29) is 68.8 Å². The molecule has 1 aromatic carbocycles. The first-order chi connectivity index (χ1) is 7.68. The van der Waals surface area contributed by atoms with Crippen molar-refractivity contribution in [3.8, 4) is 0 Å². The number of rotatable bonds is 6. The molecular formula is C11H12KNO3S. The van der Waals surface area contributed by atoms with E-state index in [1.165, 1.54) is 0 Å². The van der Waals surface area contributed by atoms with Crippen molar-refractivity contribution >= 4 is 23.6 Å². The van der Waals surface area contributed by atoms with Crippen LogP contribution in [0.15, 0.2) is 30.3 Å². The molecule has 0 spiro atoms. The van der Waals surface area contributed by atoms with Gasteiger partial charge < -0.3 is 15.2 Å². The molecular weight excluding hydrogens is 265 g/mol. The number of hydrogen-bond donors (Lipinski definition) is 1. The van der Waals surface area contributed by atoms with E-state index < -0.39 is 5.97 Å². The molecule has 0 atom stereocenters. The van der Waals surface area contributed by atoms with Crippen molar-refractivity contribution in [1.82, 2.24) is 5.32 Å². The van der Waals surface area contributed by atoms with Crippen LogP contribution in [0.2, 0.25) is 0 Å². The Morgan fingerprint density at radius 3 is 2.41 bits per heavy atom. The van der Waals surface area contributed by atoms with Crippen molar-refractivity contribution in [3.63, 3.8) is 0 Å². The summed E-state index contributed by atoms with van der Waals surface area (Å²) >= 11 is 1.03. The molecule has 0 saturated heterocycles. The molecule has 0 radical (unpaired) electrons. The summed E-state index contributed by atoms with van der Waals surface area (Å²) in [7, 11) is 0. The molecule has 0 unspecified atom stereocenters. The van der Waals surface area contributed by atoms with Crippen LogP contribution in [0.5, 0.6) is 0 Å². The van der Waals surface area contributed by atoms with Gasteiger partial charge in [-0.25, -0.2) is 0 Å². The Morgan fingerprint density at radius 2 is 1.82 bits per heavy atom. The predicted octanol–water partition coefficient (Wildman–Crippen LogP) is -3.21. The van der Waals surface area contributed by atoms with Gasteiger partial charge >= 0.3 is 51.4 Å².